The third-order valence-electron chi connectivity index (χ3n) is 3.73. The minimum Gasteiger partial charge on any atom is -0.347 e. The van der Waals surface area contributed by atoms with Crippen molar-refractivity contribution in [3.8, 4) is 10.6 Å². The SMILES string of the molecule is Cc1nc(-c2cccnc2)sc1CNC(=O)c1ccc2nsnc2c1. The summed E-state index contributed by atoms with van der Waals surface area (Å²) in [5.41, 5.74) is 4.03. The summed E-state index contributed by atoms with van der Waals surface area (Å²) in [4.78, 5) is 22.1. The van der Waals surface area contributed by atoms with E-state index in [9.17, 15) is 4.79 Å². The summed E-state index contributed by atoms with van der Waals surface area (Å²) in [7, 11) is 0. The Balaban J connectivity index is 1.49. The van der Waals surface area contributed by atoms with Gasteiger partial charge in [-0.3, -0.25) is 9.78 Å². The number of fused-ring (bicyclic) bond motifs is 1. The van der Waals surface area contributed by atoms with Crippen LogP contribution in [0.1, 0.15) is 20.9 Å². The van der Waals surface area contributed by atoms with Gasteiger partial charge in [-0.2, -0.15) is 8.75 Å². The normalized spacial score (nSPS) is 10.9. The minimum absolute atomic E-state index is 0.134. The number of aryl methyl sites for hydroxylation is 1. The maximum absolute atomic E-state index is 12.4. The van der Waals surface area contributed by atoms with Gasteiger partial charge >= 0.3 is 0 Å². The van der Waals surface area contributed by atoms with Crippen LogP contribution >= 0.6 is 23.1 Å². The lowest BCUT2D eigenvalue weighted by Crippen LogP contribution is -2.22. The van der Waals surface area contributed by atoms with E-state index in [2.05, 4.69) is 24.0 Å². The molecule has 0 aliphatic carbocycles. The fraction of sp³-hybridized carbons (Fsp3) is 0.118. The number of thiazole rings is 1. The first-order valence-electron chi connectivity index (χ1n) is 7.58. The van der Waals surface area contributed by atoms with Gasteiger partial charge in [0.2, 0.25) is 0 Å². The van der Waals surface area contributed by atoms with E-state index in [1.807, 2.05) is 25.1 Å². The van der Waals surface area contributed by atoms with Crippen molar-refractivity contribution in [2.24, 2.45) is 0 Å². The highest BCUT2D eigenvalue weighted by Crippen LogP contribution is 2.27. The molecule has 8 heteroatoms. The summed E-state index contributed by atoms with van der Waals surface area (Å²) >= 11 is 2.71. The van der Waals surface area contributed by atoms with Gasteiger partial charge in [-0.1, -0.05) is 0 Å². The highest BCUT2D eigenvalue weighted by atomic mass is 32.1. The molecule has 1 N–H and O–H groups in total. The lowest BCUT2D eigenvalue weighted by atomic mass is 10.2. The number of nitrogens with zero attached hydrogens (tertiary/aromatic N) is 4. The summed E-state index contributed by atoms with van der Waals surface area (Å²) in [6.45, 7) is 2.39. The molecular weight excluding hydrogens is 354 g/mol. The summed E-state index contributed by atoms with van der Waals surface area (Å²) < 4.78 is 8.31. The molecule has 0 aliphatic heterocycles. The van der Waals surface area contributed by atoms with Gasteiger partial charge in [-0.05, 0) is 37.3 Å². The van der Waals surface area contributed by atoms with E-state index in [-0.39, 0.29) is 5.91 Å². The molecule has 0 unspecified atom stereocenters. The Morgan fingerprint density at radius 3 is 2.92 bits per heavy atom. The van der Waals surface area contributed by atoms with E-state index in [4.69, 9.17) is 0 Å². The maximum atomic E-state index is 12.4. The van der Waals surface area contributed by atoms with Crippen LogP contribution in [0.3, 0.4) is 0 Å². The number of hydrogen-bond donors (Lipinski definition) is 1. The number of hydrogen-bond acceptors (Lipinski definition) is 7. The first kappa shape index (κ1) is 15.8. The summed E-state index contributed by atoms with van der Waals surface area (Å²) in [5.74, 6) is -0.134. The lowest BCUT2D eigenvalue weighted by Gasteiger charge is -2.04. The molecule has 4 rings (SSSR count). The number of carbonyl (C=O) groups is 1. The molecule has 6 nitrogen and oxygen atoms in total. The molecular formula is C17H13N5OS2. The van der Waals surface area contributed by atoms with Crippen LogP contribution in [-0.4, -0.2) is 24.6 Å². The molecule has 1 amide bonds. The van der Waals surface area contributed by atoms with Crippen LogP contribution in [0.4, 0.5) is 0 Å². The van der Waals surface area contributed by atoms with Crippen molar-refractivity contribution in [1.82, 2.24) is 24.0 Å². The number of benzene rings is 1. The van der Waals surface area contributed by atoms with Crippen molar-refractivity contribution in [3.05, 3.63) is 58.9 Å². The van der Waals surface area contributed by atoms with Crippen molar-refractivity contribution in [2.45, 2.75) is 13.5 Å². The highest BCUT2D eigenvalue weighted by molar-refractivity contribution is 7.15. The Hall–Kier alpha value is -2.71. The average Bonchev–Trinajstić information content (AvgIpc) is 3.26. The monoisotopic (exact) mass is 367 g/mol. The third-order valence-corrected chi connectivity index (χ3v) is 5.49. The zero-order valence-corrected chi connectivity index (χ0v) is 14.9. The number of pyridine rings is 1. The maximum Gasteiger partial charge on any atom is 0.251 e. The van der Waals surface area contributed by atoms with Gasteiger partial charge in [0, 0.05) is 28.4 Å². The van der Waals surface area contributed by atoms with Crippen LogP contribution in [0.25, 0.3) is 21.6 Å². The molecule has 3 aromatic heterocycles. The summed E-state index contributed by atoms with van der Waals surface area (Å²) in [6.07, 6.45) is 3.53. The number of amides is 1. The summed E-state index contributed by atoms with van der Waals surface area (Å²) in [5, 5.41) is 3.86. The lowest BCUT2D eigenvalue weighted by molar-refractivity contribution is 0.0951. The Labute approximate surface area is 151 Å². The van der Waals surface area contributed by atoms with Crippen molar-refractivity contribution >= 4 is 40.0 Å². The molecule has 0 saturated heterocycles. The number of aromatic nitrogens is 4. The molecule has 0 fully saturated rings. The van der Waals surface area contributed by atoms with Gasteiger partial charge in [-0.15, -0.1) is 11.3 Å². The van der Waals surface area contributed by atoms with Crippen LogP contribution in [0.5, 0.6) is 0 Å². The molecule has 124 valence electrons. The quantitative estimate of drug-likeness (QED) is 0.597. The molecule has 3 heterocycles. The minimum atomic E-state index is -0.134. The molecule has 0 radical (unpaired) electrons. The predicted octanol–water partition coefficient (Wildman–Crippen LogP) is 3.45. The molecule has 0 saturated carbocycles. The number of rotatable bonds is 4. The van der Waals surface area contributed by atoms with Gasteiger partial charge < -0.3 is 5.32 Å². The van der Waals surface area contributed by atoms with E-state index in [1.165, 1.54) is 0 Å². The highest BCUT2D eigenvalue weighted by Gasteiger charge is 2.12. The second kappa shape index (κ2) is 6.66. The van der Waals surface area contributed by atoms with Crippen LogP contribution in [0.15, 0.2) is 42.7 Å². The van der Waals surface area contributed by atoms with Crippen LogP contribution in [0.2, 0.25) is 0 Å². The molecule has 0 aliphatic rings. The fourth-order valence-electron chi connectivity index (χ4n) is 2.39. The topological polar surface area (TPSA) is 80.7 Å². The van der Waals surface area contributed by atoms with Crippen LogP contribution in [0, 0.1) is 6.92 Å². The Morgan fingerprint density at radius 2 is 2.08 bits per heavy atom. The Kier molecular flexibility index (Phi) is 4.21. The molecule has 1 aromatic carbocycles. The Bertz CT molecular complexity index is 1040. The second-order valence-electron chi connectivity index (χ2n) is 5.42. The zero-order chi connectivity index (χ0) is 17.2. The molecule has 4 aromatic rings. The standard InChI is InChI=1S/C17H13N5OS2/c1-10-15(24-17(20-10)12-3-2-6-18-8-12)9-19-16(23)11-4-5-13-14(7-11)22-25-21-13/h2-8H,9H2,1H3,(H,19,23). The van der Waals surface area contributed by atoms with Gasteiger partial charge in [0.05, 0.1) is 24.0 Å². The van der Waals surface area contributed by atoms with Crippen LogP contribution < -0.4 is 5.32 Å². The van der Waals surface area contributed by atoms with E-state index < -0.39 is 0 Å². The summed E-state index contributed by atoms with van der Waals surface area (Å²) in [6, 6.07) is 9.20. The number of nitrogens with one attached hydrogen (secondary N) is 1. The first-order valence-corrected chi connectivity index (χ1v) is 9.12. The van der Waals surface area contributed by atoms with E-state index >= 15 is 0 Å². The third kappa shape index (κ3) is 3.26. The van der Waals surface area contributed by atoms with Gasteiger partial charge in [0.25, 0.3) is 5.91 Å². The van der Waals surface area contributed by atoms with Gasteiger partial charge in [0.15, 0.2) is 0 Å². The van der Waals surface area contributed by atoms with Gasteiger partial charge in [-0.25, -0.2) is 4.98 Å². The van der Waals surface area contributed by atoms with E-state index in [1.54, 1.807) is 35.9 Å². The zero-order valence-electron chi connectivity index (χ0n) is 13.3. The Morgan fingerprint density at radius 1 is 1.20 bits per heavy atom. The first-order chi connectivity index (χ1) is 12.2. The largest absolute Gasteiger partial charge is 0.347 e. The number of carbonyl (C=O) groups excluding carboxylic acids is 1. The molecule has 0 atom stereocenters. The van der Waals surface area contributed by atoms with E-state index in [0.29, 0.717) is 12.1 Å². The molecule has 0 bridgehead atoms. The van der Waals surface area contributed by atoms with Gasteiger partial charge in [0.1, 0.15) is 16.0 Å². The van der Waals surface area contributed by atoms with Crippen molar-refractivity contribution in [1.29, 1.82) is 0 Å². The smallest absolute Gasteiger partial charge is 0.251 e. The molecule has 0 spiro atoms. The average molecular weight is 367 g/mol. The van der Waals surface area contributed by atoms with Crippen molar-refractivity contribution in [3.63, 3.8) is 0 Å². The van der Waals surface area contributed by atoms with Crippen molar-refractivity contribution < 1.29 is 4.79 Å². The fourth-order valence-corrected chi connectivity index (χ4v) is 3.90. The predicted molar refractivity (Wildman–Crippen MR) is 98.7 cm³/mol. The second-order valence-corrected chi connectivity index (χ2v) is 7.03. The van der Waals surface area contributed by atoms with Crippen molar-refractivity contribution in [2.75, 3.05) is 0 Å². The van der Waals surface area contributed by atoms with Crippen LogP contribution in [-0.2, 0) is 6.54 Å². The molecule has 25 heavy (non-hydrogen) atoms. The van der Waals surface area contributed by atoms with E-state index in [0.717, 1.165) is 43.9 Å².